The van der Waals surface area contributed by atoms with E-state index < -0.39 is 12.0 Å². The number of carboxylic acids is 1. The van der Waals surface area contributed by atoms with Crippen molar-refractivity contribution in [2.24, 2.45) is 5.73 Å². The fraction of sp³-hybridized carbons (Fsp3) is 0.200. The van der Waals surface area contributed by atoms with E-state index in [-0.39, 0.29) is 0 Å². The minimum Gasteiger partial charge on any atom is -0.480 e. The number of rotatable bonds is 2. The summed E-state index contributed by atoms with van der Waals surface area (Å²) in [4.78, 5) is 14.2. The van der Waals surface area contributed by atoms with Gasteiger partial charge in [-0.05, 0) is 22.6 Å². The Morgan fingerprint density at radius 2 is 2.55 bits per heavy atom. The smallest absolute Gasteiger partial charge is 0.327 e. The van der Waals surface area contributed by atoms with E-state index in [9.17, 15) is 4.79 Å². The van der Waals surface area contributed by atoms with E-state index in [0.29, 0.717) is 5.01 Å². The highest BCUT2D eigenvalue weighted by atomic mass is 127. The Bertz CT molecular complexity index is 275. The topological polar surface area (TPSA) is 76.2 Å². The number of nitrogens with zero attached hydrogens (tertiary/aromatic N) is 1. The number of hydrogen-bond donors (Lipinski definition) is 2. The molecule has 0 radical (unpaired) electrons. The average molecular weight is 284 g/mol. The molecule has 0 amide bonds. The molecule has 1 heterocycles. The highest BCUT2D eigenvalue weighted by Gasteiger charge is 2.17. The van der Waals surface area contributed by atoms with Gasteiger partial charge in [0, 0.05) is 0 Å². The largest absolute Gasteiger partial charge is 0.480 e. The number of carboxylic acid groups (broad SMARTS) is 1. The predicted molar refractivity (Wildman–Crippen MR) is 49.4 cm³/mol. The lowest BCUT2D eigenvalue weighted by molar-refractivity contribution is -0.138. The SMILES string of the molecule is NC(C(=O)O)c1ncc(I)s1. The van der Waals surface area contributed by atoms with Crippen LogP contribution in [0.3, 0.4) is 0 Å². The standard InChI is InChI=1S/C5H5IN2O2S/c6-2-1-8-4(11-2)3(7)5(9)10/h1,3H,7H2,(H,9,10). The Kier molecular flexibility index (Phi) is 2.79. The molecule has 0 aromatic carbocycles. The summed E-state index contributed by atoms with van der Waals surface area (Å²) in [6, 6.07) is -0.983. The molecule has 3 N–H and O–H groups in total. The molecule has 1 unspecified atom stereocenters. The molecule has 0 bridgehead atoms. The number of aliphatic carboxylic acids is 1. The molecule has 0 fully saturated rings. The molecule has 1 atom stereocenters. The van der Waals surface area contributed by atoms with Crippen LogP contribution in [0.15, 0.2) is 6.20 Å². The zero-order valence-electron chi connectivity index (χ0n) is 5.32. The van der Waals surface area contributed by atoms with Gasteiger partial charge in [-0.25, -0.2) is 4.98 Å². The molecule has 60 valence electrons. The summed E-state index contributed by atoms with van der Waals surface area (Å²) in [7, 11) is 0. The van der Waals surface area contributed by atoms with Gasteiger partial charge in [0.05, 0.1) is 9.08 Å². The molecule has 0 saturated carbocycles. The van der Waals surface area contributed by atoms with E-state index in [1.54, 1.807) is 6.20 Å². The molecule has 0 aliphatic carbocycles. The van der Waals surface area contributed by atoms with E-state index in [0.717, 1.165) is 2.88 Å². The van der Waals surface area contributed by atoms with Gasteiger partial charge in [0.1, 0.15) is 5.01 Å². The highest BCUT2D eigenvalue weighted by Crippen LogP contribution is 2.19. The van der Waals surface area contributed by atoms with Gasteiger partial charge in [0.25, 0.3) is 0 Å². The summed E-state index contributed by atoms with van der Waals surface area (Å²) >= 11 is 3.36. The second-order valence-corrected chi connectivity index (χ2v) is 4.77. The molecular weight excluding hydrogens is 279 g/mol. The molecule has 1 aromatic heterocycles. The maximum absolute atomic E-state index is 10.3. The van der Waals surface area contributed by atoms with Gasteiger partial charge < -0.3 is 10.8 Å². The minimum atomic E-state index is -1.05. The minimum absolute atomic E-state index is 0.446. The lowest BCUT2D eigenvalue weighted by Crippen LogP contribution is -2.20. The summed E-state index contributed by atoms with van der Waals surface area (Å²) in [6.07, 6.45) is 1.60. The van der Waals surface area contributed by atoms with Gasteiger partial charge >= 0.3 is 5.97 Å². The lowest BCUT2D eigenvalue weighted by Gasteiger charge is -1.98. The van der Waals surface area contributed by atoms with Crippen LogP contribution in [0.1, 0.15) is 11.0 Å². The Labute approximate surface area is 80.6 Å². The predicted octanol–water partition coefficient (Wildman–Crippen LogP) is 0.832. The van der Waals surface area contributed by atoms with Crippen LogP contribution < -0.4 is 5.73 Å². The van der Waals surface area contributed by atoms with Crippen molar-refractivity contribution < 1.29 is 9.90 Å². The molecule has 0 spiro atoms. The van der Waals surface area contributed by atoms with Gasteiger partial charge in [-0.15, -0.1) is 11.3 Å². The Balaban J connectivity index is 2.84. The van der Waals surface area contributed by atoms with E-state index in [2.05, 4.69) is 27.6 Å². The lowest BCUT2D eigenvalue weighted by atomic mass is 10.3. The van der Waals surface area contributed by atoms with Crippen LogP contribution in [0, 0.1) is 2.88 Å². The van der Waals surface area contributed by atoms with Crippen LogP contribution in [-0.2, 0) is 4.79 Å². The fourth-order valence-electron chi connectivity index (χ4n) is 0.516. The van der Waals surface area contributed by atoms with Crippen LogP contribution in [-0.4, -0.2) is 16.1 Å². The third-order valence-corrected chi connectivity index (χ3v) is 2.84. The maximum atomic E-state index is 10.3. The van der Waals surface area contributed by atoms with Gasteiger partial charge in [-0.3, -0.25) is 4.79 Å². The first-order valence-corrected chi connectivity index (χ1v) is 4.60. The first-order valence-electron chi connectivity index (χ1n) is 2.71. The third kappa shape index (κ3) is 2.11. The number of hydrogen-bond acceptors (Lipinski definition) is 4. The fourth-order valence-corrected chi connectivity index (χ4v) is 1.97. The van der Waals surface area contributed by atoms with Gasteiger partial charge in [0.15, 0.2) is 6.04 Å². The normalized spacial score (nSPS) is 12.9. The summed E-state index contributed by atoms with van der Waals surface area (Å²) in [5.74, 6) is -1.05. The van der Waals surface area contributed by atoms with Crippen molar-refractivity contribution in [3.8, 4) is 0 Å². The van der Waals surface area contributed by atoms with Crippen molar-refractivity contribution in [2.75, 3.05) is 0 Å². The molecule has 11 heavy (non-hydrogen) atoms. The molecular formula is C5H5IN2O2S. The number of halogens is 1. The average Bonchev–Trinajstić information content (AvgIpc) is 2.34. The molecule has 0 saturated heterocycles. The number of carbonyl (C=O) groups is 1. The van der Waals surface area contributed by atoms with Crippen molar-refractivity contribution in [2.45, 2.75) is 6.04 Å². The quantitative estimate of drug-likeness (QED) is 0.789. The van der Waals surface area contributed by atoms with Crippen molar-refractivity contribution in [3.63, 3.8) is 0 Å². The summed E-state index contributed by atoms with van der Waals surface area (Å²) in [5, 5.41) is 8.93. The first-order chi connectivity index (χ1) is 5.11. The third-order valence-electron chi connectivity index (χ3n) is 1.03. The van der Waals surface area contributed by atoms with Crippen LogP contribution >= 0.6 is 33.9 Å². The van der Waals surface area contributed by atoms with Gasteiger partial charge in [-0.2, -0.15) is 0 Å². The Hall–Kier alpha value is -0.210. The van der Waals surface area contributed by atoms with Crippen molar-refractivity contribution in [1.82, 2.24) is 4.98 Å². The number of aromatic nitrogens is 1. The van der Waals surface area contributed by atoms with E-state index in [4.69, 9.17) is 10.8 Å². The maximum Gasteiger partial charge on any atom is 0.327 e. The zero-order chi connectivity index (χ0) is 8.43. The van der Waals surface area contributed by atoms with E-state index in [1.807, 2.05) is 0 Å². The monoisotopic (exact) mass is 284 g/mol. The van der Waals surface area contributed by atoms with Crippen molar-refractivity contribution >= 4 is 39.9 Å². The molecule has 4 nitrogen and oxygen atoms in total. The van der Waals surface area contributed by atoms with Crippen LogP contribution in [0.4, 0.5) is 0 Å². The summed E-state index contributed by atoms with van der Waals surface area (Å²) < 4.78 is 0.939. The highest BCUT2D eigenvalue weighted by molar-refractivity contribution is 14.1. The summed E-state index contributed by atoms with van der Waals surface area (Å²) in [5.41, 5.74) is 5.30. The Morgan fingerprint density at radius 3 is 2.91 bits per heavy atom. The molecule has 1 rings (SSSR count). The second-order valence-electron chi connectivity index (χ2n) is 1.82. The number of thiazole rings is 1. The van der Waals surface area contributed by atoms with Crippen molar-refractivity contribution in [1.29, 1.82) is 0 Å². The van der Waals surface area contributed by atoms with Crippen LogP contribution in [0.25, 0.3) is 0 Å². The van der Waals surface area contributed by atoms with Crippen LogP contribution in [0.5, 0.6) is 0 Å². The van der Waals surface area contributed by atoms with Gasteiger partial charge in [0.2, 0.25) is 0 Å². The summed E-state index contributed by atoms with van der Waals surface area (Å²) in [6.45, 7) is 0. The Morgan fingerprint density at radius 1 is 1.91 bits per heavy atom. The van der Waals surface area contributed by atoms with Crippen molar-refractivity contribution in [3.05, 3.63) is 14.1 Å². The second kappa shape index (κ2) is 3.46. The van der Waals surface area contributed by atoms with E-state index >= 15 is 0 Å². The van der Waals surface area contributed by atoms with Gasteiger partial charge in [-0.1, -0.05) is 0 Å². The number of nitrogens with two attached hydrogens (primary N) is 1. The molecule has 0 aliphatic rings. The molecule has 1 aromatic rings. The zero-order valence-corrected chi connectivity index (χ0v) is 8.29. The van der Waals surface area contributed by atoms with E-state index in [1.165, 1.54) is 11.3 Å². The molecule has 6 heteroatoms. The van der Waals surface area contributed by atoms with Crippen LogP contribution in [0.2, 0.25) is 0 Å². The first kappa shape index (κ1) is 8.88. The molecule has 0 aliphatic heterocycles.